The number of benzene rings is 1. The van der Waals surface area contributed by atoms with E-state index in [9.17, 15) is 18.0 Å². The average molecular weight is 305 g/mol. The van der Waals surface area contributed by atoms with Crippen LogP contribution in [0.15, 0.2) is 18.2 Å². The first-order valence-corrected chi connectivity index (χ1v) is 6.57. The van der Waals surface area contributed by atoms with Crippen molar-refractivity contribution < 1.29 is 27.4 Å². The maximum absolute atomic E-state index is 13.0. The fraction of sp³-hybridized carbons (Fsp3) is 0.500. The molecule has 1 aromatic carbocycles. The first-order valence-electron chi connectivity index (χ1n) is 6.57. The van der Waals surface area contributed by atoms with E-state index in [1.807, 2.05) is 6.92 Å². The van der Waals surface area contributed by atoms with Crippen molar-refractivity contribution in [2.24, 2.45) is 0 Å². The Bertz CT molecular complexity index is 475. The standard InChI is InChI=1S/C14H18F3NO3/c1-3-18-8-10-5-6-12(11(7-10)14(15,16)17)21-9-13(19)20-4-2/h5-7,18H,3-4,8-9H2,1-2H3. The molecule has 118 valence electrons. The third kappa shape index (κ3) is 5.63. The van der Waals surface area contributed by atoms with Gasteiger partial charge in [-0.25, -0.2) is 4.79 Å². The summed E-state index contributed by atoms with van der Waals surface area (Å²) < 4.78 is 48.6. The van der Waals surface area contributed by atoms with Crippen molar-refractivity contribution in [2.75, 3.05) is 19.8 Å². The van der Waals surface area contributed by atoms with Crippen LogP contribution in [-0.4, -0.2) is 25.7 Å². The van der Waals surface area contributed by atoms with Gasteiger partial charge < -0.3 is 14.8 Å². The van der Waals surface area contributed by atoms with Crippen LogP contribution in [0.25, 0.3) is 0 Å². The van der Waals surface area contributed by atoms with Gasteiger partial charge in [0, 0.05) is 6.54 Å². The van der Waals surface area contributed by atoms with Gasteiger partial charge in [0.1, 0.15) is 5.75 Å². The summed E-state index contributed by atoms with van der Waals surface area (Å²) in [4.78, 5) is 11.1. The summed E-state index contributed by atoms with van der Waals surface area (Å²) in [6.45, 7) is 4.05. The Morgan fingerprint density at radius 2 is 2.00 bits per heavy atom. The van der Waals surface area contributed by atoms with Gasteiger partial charge in [-0.2, -0.15) is 13.2 Å². The Balaban J connectivity index is 2.89. The highest BCUT2D eigenvalue weighted by Gasteiger charge is 2.34. The zero-order valence-corrected chi connectivity index (χ0v) is 11.9. The number of hydrogen-bond acceptors (Lipinski definition) is 4. The molecule has 0 radical (unpaired) electrons. The molecule has 21 heavy (non-hydrogen) atoms. The Morgan fingerprint density at radius 1 is 1.29 bits per heavy atom. The molecule has 0 saturated heterocycles. The van der Waals surface area contributed by atoms with E-state index in [1.165, 1.54) is 12.1 Å². The number of nitrogens with one attached hydrogen (secondary N) is 1. The molecule has 1 N–H and O–H groups in total. The Hall–Kier alpha value is -1.76. The Morgan fingerprint density at radius 3 is 2.57 bits per heavy atom. The quantitative estimate of drug-likeness (QED) is 0.787. The molecular formula is C14H18F3NO3. The lowest BCUT2D eigenvalue weighted by molar-refractivity contribution is -0.147. The number of carbonyl (C=O) groups is 1. The summed E-state index contributed by atoms with van der Waals surface area (Å²) >= 11 is 0. The molecule has 0 aliphatic rings. The number of alkyl halides is 3. The largest absolute Gasteiger partial charge is 0.481 e. The van der Waals surface area contributed by atoms with E-state index < -0.39 is 24.3 Å². The molecule has 1 aromatic rings. The number of hydrogen-bond donors (Lipinski definition) is 1. The van der Waals surface area contributed by atoms with Crippen molar-refractivity contribution in [3.05, 3.63) is 29.3 Å². The van der Waals surface area contributed by atoms with Crippen molar-refractivity contribution in [3.63, 3.8) is 0 Å². The normalized spacial score (nSPS) is 11.3. The Kier molecular flexibility index (Phi) is 6.48. The molecule has 0 aromatic heterocycles. The second-order valence-electron chi connectivity index (χ2n) is 4.20. The van der Waals surface area contributed by atoms with Gasteiger partial charge in [-0.05, 0) is 31.2 Å². The van der Waals surface area contributed by atoms with Crippen LogP contribution in [0, 0.1) is 0 Å². The number of carbonyl (C=O) groups excluding carboxylic acids is 1. The lowest BCUT2D eigenvalue weighted by Crippen LogP contribution is -2.18. The van der Waals surface area contributed by atoms with Gasteiger partial charge in [0.2, 0.25) is 0 Å². The maximum atomic E-state index is 13.0. The summed E-state index contributed by atoms with van der Waals surface area (Å²) in [6, 6.07) is 3.76. The molecule has 0 saturated carbocycles. The van der Waals surface area contributed by atoms with Crippen molar-refractivity contribution in [2.45, 2.75) is 26.6 Å². The summed E-state index contributed by atoms with van der Waals surface area (Å²) in [7, 11) is 0. The van der Waals surface area contributed by atoms with Crippen LogP contribution in [0.4, 0.5) is 13.2 Å². The Labute approximate surface area is 121 Å². The van der Waals surface area contributed by atoms with E-state index in [-0.39, 0.29) is 12.4 Å². The SMILES string of the molecule is CCNCc1ccc(OCC(=O)OCC)c(C(F)(F)F)c1. The highest BCUT2D eigenvalue weighted by molar-refractivity contribution is 5.71. The fourth-order valence-corrected chi connectivity index (χ4v) is 1.64. The number of ether oxygens (including phenoxy) is 2. The molecule has 0 atom stereocenters. The molecule has 0 spiro atoms. The van der Waals surface area contributed by atoms with Gasteiger partial charge in [-0.1, -0.05) is 13.0 Å². The first kappa shape index (κ1) is 17.3. The lowest BCUT2D eigenvalue weighted by atomic mass is 10.1. The predicted molar refractivity (Wildman–Crippen MR) is 71.0 cm³/mol. The average Bonchev–Trinajstić information content (AvgIpc) is 2.42. The van der Waals surface area contributed by atoms with Crippen LogP contribution in [0.5, 0.6) is 5.75 Å². The molecule has 0 heterocycles. The van der Waals surface area contributed by atoms with Gasteiger partial charge in [0.15, 0.2) is 6.61 Å². The zero-order valence-electron chi connectivity index (χ0n) is 11.9. The van der Waals surface area contributed by atoms with Gasteiger partial charge >= 0.3 is 12.1 Å². The molecule has 7 heteroatoms. The smallest absolute Gasteiger partial charge is 0.419 e. The number of esters is 1. The second kappa shape index (κ2) is 7.87. The van der Waals surface area contributed by atoms with Crippen LogP contribution in [0.2, 0.25) is 0 Å². The molecule has 4 nitrogen and oxygen atoms in total. The summed E-state index contributed by atoms with van der Waals surface area (Å²) in [5.41, 5.74) is -0.408. The van der Waals surface area contributed by atoms with E-state index >= 15 is 0 Å². The van der Waals surface area contributed by atoms with E-state index in [0.717, 1.165) is 6.07 Å². The van der Waals surface area contributed by atoms with Crippen LogP contribution in [0.1, 0.15) is 25.0 Å². The van der Waals surface area contributed by atoms with E-state index in [2.05, 4.69) is 10.1 Å². The molecule has 0 unspecified atom stereocenters. The van der Waals surface area contributed by atoms with Crippen LogP contribution >= 0.6 is 0 Å². The second-order valence-corrected chi connectivity index (χ2v) is 4.20. The highest BCUT2D eigenvalue weighted by atomic mass is 19.4. The van der Waals surface area contributed by atoms with Crippen LogP contribution < -0.4 is 10.1 Å². The van der Waals surface area contributed by atoms with Gasteiger partial charge in [0.25, 0.3) is 0 Å². The van der Waals surface area contributed by atoms with Crippen LogP contribution in [0.3, 0.4) is 0 Å². The van der Waals surface area contributed by atoms with Crippen LogP contribution in [-0.2, 0) is 22.3 Å². The predicted octanol–water partition coefficient (Wildman–Crippen LogP) is 2.76. The monoisotopic (exact) mass is 305 g/mol. The van der Waals surface area contributed by atoms with Crippen molar-refractivity contribution >= 4 is 5.97 Å². The number of rotatable bonds is 7. The molecule has 1 rings (SSSR count). The summed E-state index contributed by atoms with van der Waals surface area (Å²) in [5, 5.41) is 2.95. The molecule has 0 bridgehead atoms. The molecular weight excluding hydrogens is 287 g/mol. The number of halogens is 3. The lowest BCUT2D eigenvalue weighted by Gasteiger charge is -2.15. The zero-order chi connectivity index (χ0) is 15.9. The van der Waals surface area contributed by atoms with Crippen molar-refractivity contribution in [1.29, 1.82) is 0 Å². The van der Waals surface area contributed by atoms with Gasteiger partial charge in [-0.3, -0.25) is 0 Å². The van der Waals surface area contributed by atoms with E-state index in [1.54, 1.807) is 6.92 Å². The minimum Gasteiger partial charge on any atom is -0.481 e. The topological polar surface area (TPSA) is 47.6 Å². The van der Waals surface area contributed by atoms with Crippen molar-refractivity contribution in [1.82, 2.24) is 5.32 Å². The fourth-order valence-electron chi connectivity index (χ4n) is 1.64. The molecule has 0 fully saturated rings. The third-order valence-electron chi connectivity index (χ3n) is 2.58. The van der Waals surface area contributed by atoms with E-state index in [4.69, 9.17) is 4.74 Å². The summed E-state index contributed by atoms with van der Waals surface area (Å²) in [6.07, 6.45) is -4.55. The maximum Gasteiger partial charge on any atom is 0.419 e. The molecule has 0 aliphatic heterocycles. The van der Waals surface area contributed by atoms with E-state index in [0.29, 0.717) is 18.7 Å². The third-order valence-corrected chi connectivity index (χ3v) is 2.58. The van der Waals surface area contributed by atoms with Gasteiger partial charge in [0.05, 0.1) is 12.2 Å². The van der Waals surface area contributed by atoms with Gasteiger partial charge in [-0.15, -0.1) is 0 Å². The molecule has 0 aliphatic carbocycles. The minimum absolute atomic E-state index is 0.149. The van der Waals surface area contributed by atoms with Crippen molar-refractivity contribution in [3.8, 4) is 5.75 Å². The first-order chi connectivity index (χ1) is 9.88. The minimum atomic E-state index is -4.55. The highest BCUT2D eigenvalue weighted by Crippen LogP contribution is 2.36. The summed E-state index contributed by atoms with van der Waals surface area (Å²) in [5.74, 6) is -1.09. The molecule has 0 amide bonds.